The van der Waals surface area contributed by atoms with Gasteiger partial charge in [0.15, 0.2) is 18.2 Å². The average molecular weight is 369 g/mol. The third-order valence-corrected chi connectivity index (χ3v) is 4.01. The van der Waals surface area contributed by atoms with Crippen LogP contribution in [-0.2, 0) is 11.5 Å². The molecule has 1 aliphatic heterocycles. The minimum Gasteiger partial charge on any atom is -0.493 e. The van der Waals surface area contributed by atoms with Gasteiger partial charge in [0.25, 0.3) is 5.56 Å². The Balaban J connectivity index is 1.57. The molecule has 9 nitrogen and oxygen atoms in total. The molecule has 9 heteroatoms. The molecule has 138 valence electrons. The fourth-order valence-corrected chi connectivity index (χ4v) is 2.70. The predicted molar refractivity (Wildman–Crippen MR) is 93.2 cm³/mol. The number of rotatable bonds is 4. The van der Waals surface area contributed by atoms with Gasteiger partial charge < -0.3 is 18.9 Å². The number of benzene rings is 2. The Bertz CT molecular complexity index is 1060. The summed E-state index contributed by atoms with van der Waals surface area (Å²) in [6, 6.07) is 9.80. The Morgan fingerprint density at radius 2 is 2.04 bits per heavy atom. The molecule has 0 N–H and O–H groups in total. The van der Waals surface area contributed by atoms with Gasteiger partial charge in [0.05, 0.1) is 18.1 Å². The number of nitrogens with zero attached hydrogens (tertiary/aromatic N) is 3. The number of hydrogen-bond donors (Lipinski definition) is 0. The number of carbonyl (C=O) groups excluding carboxylic acids is 1. The molecule has 0 atom stereocenters. The summed E-state index contributed by atoms with van der Waals surface area (Å²) in [5, 5.41) is 8.12. The summed E-state index contributed by atoms with van der Waals surface area (Å²) < 4.78 is 22.4. The van der Waals surface area contributed by atoms with Gasteiger partial charge >= 0.3 is 5.97 Å². The van der Waals surface area contributed by atoms with E-state index in [1.807, 2.05) is 0 Å². The van der Waals surface area contributed by atoms with E-state index in [2.05, 4.69) is 10.3 Å². The van der Waals surface area contributed by atoms with E-state index in [1.54, 1.807) is 24.3 Å². The van der Waals surface area contributed by atoms with Crippen LogP contribution < -0.4 is 19.8 Å². The molecule has 0 aliphatic carbocycles. The Hall–Kier alpha value is -3.62. The molecule has 3 aromatic rings. The molecule has 4 rings (SSSR count). The van der Waals surface area contributed by atoms with Crippen molar-refractivity contribution in [3.05, 3.63) is 52.3 Å². The quantitative estimate of drug-likeness (QED) is 0.636. The van der Waals surface area contributed by atoms with Crippen LogP contribution >= 0.6 is 0 Å². The van der Waals surface area contributed by atoms with E-state index in [0.717, 1.165) is 4.68 Å². The van der Waals surface area contributed by atoms with E-state index < -0.39 is 11.5 Å². The molecule has 0 fully saturated rings. The van der Waals surface area contributed by atoms with Crippen molar-refractivity contribution in [3.63, 3.8) is 0 Å². The smallest absolute Gasteiger partial charge is 0.340 e. The lowest BCUT2D eigenvalue weighted by Crippen LogP contribution is -2.26. The maximum atomic E-state index is 12.4. The zero-order valence-electron chi connectivity index (χ0n) is 14.4. The number of esters is 1. The van der Waals surface area contributed by atoms with Crippen LogP contribution in [0.5, 0.6) is 17.2 Å². The summed E-state index contributed by atoms with van der Waals surface area (Å²) in [5.41, 5.74) is 0.285. The molecule has 0 saturated heterocycles. The molecule has 0 radical (unpaired) electrons. The minimum atomic E-state index is -0.660. The van der Waals surface area contributed by atoms with Crippen LogP contribution in [0.3, 0.4) is 0 Å². The maximum Gasteiger partial charge on any atom is 0.340 e. The summed E-state index contributed by atoms with van der Waals surface area (Å²) >= 11 is 0. The van der Waals surface area contributed by atoms with Gasteiger partial charge in [0.1, 0.15) is 18.7 Å². The Labute approximate surface area is 153 Å². The second-order valence-corrected chi connectivity index (χ2v) is 5.67. The topological polar surface area (TPSA) is 102 Å². The maximum absolute atomic E-state index is 12.4. The highest BCUT2D eigenvalue weighted by molar-refractivity contribution is 5.91. The third kappa shape index (κ3) is 3.14. The number of hydrogen-bond acceptors (Lipinski definition) is 8. The van der Waals surface area contributed by atoms with Crippen LogP contribution in [-0.4, -0.2) is 41.3 Å². The van der Waals surface area contributed by atoms with E-state index in [-0.39, 0.29) is 12.3 Å². The van der Waals surface area contributed by atoms with Crippen LogP contribution in [0.2, 0.25) is 0 Å². The van der Waals surface area contributed by atoms with Crippen molar-refractivity contribution in [2.45, 2.75) is 6.73 Å². The highest BCUT2D eigenvalue weighted by Gasteiger charge is 2.21. The lowest BCUT2D eigenvalue weighted by molar-refractivity contribution is 0.0334. The van der Waals surface area contributed by atoms with Crippen molar-refractivity contribution in [1.29, 1.82) is 0 Å². The largest absolute Gasteiger partial charge is 0.493 e. The fourth-order valence-electron chi connectivity index (χ4n) is 2.70. The Morgan fingerprint density at radius 3 is 2.89 bits per heavy atom. The molecule has 27 heavy (non-hydrogen) atoms. The molecule has 1 aromatic heterocycles. The number of aromatic nitrogens is 3. The summed E-state index contributed by atoms with van der Waals surface area (Å²) in [6.45, 7) is 0.402. The SMILES string of the molecule is COc1cc(C(=O)OCn2nnc3ccccc3c2=O)cc2c1OCCO2. The predicted octanol–water partition coefficient (Wildman–Crippen LogP) is 1.39. The molecule has 1 aliphatic rings. The lowest BCUT2D eigenvalue weighted by Gasteiger charge is -2.21. The molecule has 0 amide bonds. The molecule has 2 aromatic carbocycles. The van der Waals surface area contributed by atoms with Gasteiger partial charge in [-0.2, -0.15) is 4.68 Å². The lowest BCUT2D eigenvalue weighted by atomic mass is 10.1. The molecular weight excluding hydrogens is 354 g/mol. The summed E-state index contributed by atoms with van der Waals surface area (Å²) in [6.07, 6.45) is 0. The monoisotopic (exact) mass is 369 g/mol. The summed E-state index contributed by atoms with van der Waals surface area (Å²) in [5.74, 6) is 0.543. The van der Waals surface area contributed by atoms with Crippen LogP contribution in [0.25, 0.3) is 10.9 Å². The first-order valence-corrected chi connectivity index (χ1v) is 8.14. The van der Waals surface area contributed by atoms with Gasteiger partial charge in [-0.1, -0.05) is 17.3 Å². The van der Waals surface area contributed by atoms with Crippen LogP contribution in [0.4, 0.5) is 0 Å². The normalized spacial score (nSPS) is 12.6. The van der Waals surface area contributed by atoms with Crippen molar-refractivity contribution in [2.75, 3.05) is 20.3 Å². The minimum absolute atomic E-state index is 0.206. The van der Waals surface area contributed by atoms with E-state index >= 15 is 0 Å². The molecule has 0 saturated carbocycles. The van der Waals surface area contributed by atoms with Crippen molar-refractivity contribution < 1.29 is 23.7 Å². The van der Waals surface area contributed by atoms with Gasteiger partial charge in [-0.3, -0.25) is 4.79 Å². The number of carbonyl (C=O) groups is 1. The zero-order valence-corrected chi connectivity index (χ0v) is 14.4. The van der Waals surface area contributed by atoms with Crippen LogP contribution in [0.15, 0.2) is 41.2 Å². The molecular formula is C18H15N3O6. The molecule has 0 spiro atoms. The summed E-state index contributed by atoms with van der Waals surface area (Å²) in [4.78, 5) is 24.8. The first-order valence-electron chi connectivity index (χ1n) is 8.14. The number of ether oxygens (including phenoxy) is 4. The van der Waals surface area contributed by atoms with Crippen molar-refractivity contribution in [2.24, 2.45) is 0 Å². The van der Waals surface area contributed by atoms with Gasteiger partial charge in [-0.05, 0) is 24.3 Å². The van der Waals surface area contributed by atoms with E-state index in [9.17, 15) is 9.59 Å². The average Bonchev–Trinajstić information content (AvgIpc) is 2.72. The first kappa shape index (κ1) is 16.8. The van der Waals surface area contributed by atoms with E-state index in [0.29, 0.717) is 41.4 Å². The van der Waals surface area contributed by atoms with Gasteiger partial charge in [0, 0.05) is 0 Å². The zero-order chi connectivity index (χ0) is 18.8. The molecule has 2 heterocycles. The third-order valence-electron chi connectivity index (χ3n) is 4.01. The highest BCUT2D eigenvalue weighted by Crippen LogP contribution is 2.40. The van der Waals surface area contributed by atoms with Gasteiger partial charge in [-0.25, -0.2) is 4.79 Å². The first-order chi connectivity index (χ1) is 13.2. The summed E-state index contributed by atoms with van der Waals surface area (Å²) in [7, 11) is 1.47. The van der Waals surface area contributed by atoms with Crippen molar-refractivity contribution in [3.8, 4) is 17.2 Å². The standard InChI is InChI=1S/C18H15N3O6/c1-24-14-8-11(9-15-16(14)26-7-6-25-15)18(23)27-10-21-17(22)12-4-2-3-5-13(12)19-20-21/h2-5,8-9H,6-7,10H2,1H3. The van der Waals surface area contributed by atoms with E-state index in [4.69, 9.17) is 18.9 Å². The fraction of sp³-hybridized carbons (Fsp3) is 0.222. The number of fused-ring (bicyclic) bond motifs is 2. The Kier molecular flexibility index (Phi) is 4.33. The number of methoxy groups -OCH3 is 1. The van der Waals surface area contributed by atoms with Crippen LogP contribution in [0, 0.1) is 0 Å². The van der Waals surface area contributed by atoms with Crippen molar-refractivity contribution >= 4 is 16.9 Å². The van der Waals surface area contributed by atoms with Gasteiger partial charge in [-0.15, -0.1) is 5.10 Å². The van der Waals surface area contributed by atoms with E-state index in [1.165, 1.54) is 19.2 Å². The second-order valence-electron chi connectivity index (χ2n) is 5.67. The van der Waals surface area contributed by atoms with Crippen LogP contribution in [0.1, 0.15) is 10.4 Å². The highest BCUT2D eigenvalue weighted by atomic mass is 16.6. The second kappa shape index (κ2) is 6.94. The molecule has 0 bridgehead atoms. The molecule has 0 unspecified atom stereocenters. The van der Waals surface area contributed by atoms with Crippen molar-refractivity contribution in [1.82, 2.24) is 15.0 Å². The Morgan fingerprint density at radius 1 is 1.22 bits per heavy atom. The van der Waals surface area contributed by atoms with Gasteiger partial charge in [0.2, 0.25) is 5.75 Å².